The SMILES string of the molecule is CSC1(CNCCC(F)(F)F)CCCCC1. The summed E-state index contributed by atoms with van der Waals surface area (Å²) in [5, 5.41) is 2.96. The highest BCUT2D eigenvalue weighted by Gasteiger charge is 2.31. The van der Waals surface area contributed by atoms with Gasteiger partial charge in [0.15, 0.2) is 0 Å². The maximum Gasteiger partial charge on any atom is 0.390 e. The highest BCUT2D eigenvalue weighted by atomic mass is 32.2. The van der Waals surface area contributed by atoms with E-state index >= 15 is 0 Å². The van der Waals surface area contributed by atoms with Crippen LogP contribution >= 0.6 is 11.8 Å². The van der Waals surface area contributed by atoms with Gasteiger partial charge in [0, 0.05) is 17.8 Å². The maximum atomic E-state index is 12.0. The second-order valence-corrected chi connectivity index (χ2v) is 5.76. The van der Waals surface area contributed by atoms with Gasteiger partial charge in [0.25, 0.3) is 0 Å². The van der Waals surface area contributed by atoms with E-state index < -0.39 is 12.6 Å². The van der Waals surface area contributed by atoms with Crippen LogP contribution in [0, 0.1) is 0 Å². The zero-order valence-corrected chi connectivity index (χ0v) is 10.5. The molecule has 0 spiro atoms. The Morgan fingerprint density at radius 2 is 1.81 bits per heavy atom. The number of hydrogen-bond donors (Lipinski definition) is 1. The second-order valence-electron chi connectivity index (χ2n) is 4.49. The lowest BCUT2D eigenvalue weighted by Gasteiger charge is -2.36. The first-order valence-electron chi connectivity index (χ1n) is 5.80. The van der Waals surface area contributed by atoms with Crippen molar-refractivity contribution < 1.29 is 13.2 Å². The quantitative estimate of drug-likeness (QED) is 0.753. The summed E-state index contributed by atoms with van der Waals surface area (Å²) < 4.78 is 36.0. The molecule has 1 N–H and O–H groups in total. The van der Waals surface area contributed by atoms with Gasteiger partial charge in [-0.05, 0) is 19.1 Å². The van der Waals surface area contributed by atoms with Crippen LogP contribution in [0.3, 0.4) is 0 Å². The first-order chi connectivity index (χ1) is 7.47. The van der Waals surface area contributed by atoms with E-state index in [-0.39, 0.29) is 11.3 Å². The molecule has 0 heterocycles. The molecule has 1 saturated carbocycles. The van der Waals surface area contributed by atoms with Gasteiger partial charge in [0.1, 0.15) is 0 Å². The lowest BCUT2D eigenvalue weighted by Crippen LogP contribution is -2.40. The molecule has 1 nitrogen and oxygen atoms in total. The molecule has 0 aromatic heterocycles. The Morgan fingerprint density at radius 3 is 2.31 bits per heavy atom. The van der Waals surface area contributed by atoms with Crippen LogP contribution in [0.4, 0.5) is 13.2 Å². The van der Waals surface area contributed by atoms with Crippen molar-refractivity contribution in [1.29, 1.82) is 0 Å². The van der Waals surface area contributed by atoms with E-state index in [2.05, 4.69) is 11.6 Å². The van der Waals surface area contributed by atoms with E-state index in [4.69, 9.17) is 0 Å². The van der Waals surface area contributed by atoms with Gasteiger partial charge in [-0.3, -0.25) is 0 Å². The van der Waals surface area contributed by atoms with Crippen LogP contribution in [0.5, 0.6) is 0 Å². The molecule has 0 atom stereocenters. The molecule has 1 aliphatic rings. The number of thioether (sulfide) groups is 1. The topological polar surface area (TPSA) is 12.0 Å². The minimum absolute atomic E-state index is 0.0474. The Labute approximate surface area is 99.6 Å². The Hall–Kier alpha value is 0.100. The summed E-state index contributed by atoms with van der Waals surface area (Å²) in [6.07, 6.45) is 3.26. The minimum atomic E-state index is -4.04. The van der Waals surface area contributed by atoms with Crippen LogP contribution < -0.4 is 5.32 Å². The zero-order chi connectivity index (χ0) is 12.1. The fourth-order valence-corrected chi connectivity index (χ4v) is 3.14. The molecular weight excluding hydrogens is 235 g/mol. The first-order valence-corrected chi connectivity index (χ1v) is 7.03. The van der Waals surface area contributed by atoms with E-state index in [0.717, 1.165) is 12.8 Å². The average molecular weight is 255 g/mol. The van der Waals surface area contributed by atoms with Crippen molar-refractivity contribution in [3.8, 4) is 0 Å². The van der Waals surface area contributed by atoms with Crippen LogP contribution in [0.25, 0.3) is 0 Å². The van der Waals surface area contributed by atoms with Crippen molar-refractivity contribution >= 4 is 11.8 Å². The van der Waals surface area contributed by atoms with Crippen LogP contribution in [-0.2, 0) is 0 Å². The normalized spacial score (nSPS) is 21.0. The van der Waals surface area contributed by atoms with Crippen LogP contribution in [0.2, 0.25) is 0 Å². The molecule has 5 heteroatoms. The lowest BCUT2D eigenvalue weighted by molar-refractivity contribution is -0.133. The van der Waals surface area contributed by atoms with Crippen LogP contribution in [0.15, 0.2) is 0 Å². The smallest absolute Gasteiger partial charge is 0.315 e. The summed E-state index contributed by atoms with van der Waals surface area (Å²) in [7, 11) is 0. The molecule has 16 heavy (non-hydrogen) atoms. The molecule has 0 bridgehead atoms. The van der Waals surface area contributed by atoms with E-state index in [9.17, 15) is 13.2 Å². The average Bonchev–Trinajstić information content (AvgIpc) is 2.25. The van der Waals surface area contributed by atoms with Gasteiger partial charge in [-0.1, -0.05) is 19.3 Å². The van der Waals surface area contributed by atoms with Gasteiger partial charge in [-0.15, -0.1) is 0 Å². The number of halogens is 3. The molecule has 0 amide bonds. The second kappa shape index (κ2) is 6.15. The summed E-state index contributed by atoms with van der Waals surface area (Å²) >= 11 is 1.81. The number of alkyl halides is 3. The van der Waals surface area contributed by atoms with Gasteiger partial charge in [0.05, 0.1) is 6.42 Å². The fourth-order valence-electron chi connectivity index (χ4n) is 2.20. The standard InChI is InChI=1S/C11H20F3NS/c1-16-10(5-3-2-4-6-10)9-15-8-7-11(12,13)14/h15H,2-9H2,1H3. The molecule has 1 fully saturated rings. The lowest BCUT2D eigenvalue weighted by atomic mass is 9.88. The van der Waals surface area contributed by atoms with E-state index in [1.165, 1.54) is 19.3 Å². The third-order valence-electron chi connectivity index (χ3n) is 3.23. The molecule has 96 valence electrons. The zero-order valence-electron chi connectivity index (χ0n) is 9.70. The highest BCUT2D eigenvalue weighted by molar-refractivity contribution is 8.00. The summed E-state index contributed by atoms with van der Waals surface area (Å²) in [4.78, 5) is 0. The van der Waals surface area contributed by atoms with Gasteiger partial charge < -0.3 is 5.32 Å². The largest absolute Gasteiger partial charge is 0.390 e. The van der Waals surface area contributed by atoms with E-state index in [0.29, 0.717) is 6.54 Å². The predicted molar refractivity (Wildman–Crippen MR) is 62.9 cm³/mol. The van der Waals surface area contributed by atoms with E-state index in [1.807, 2.05) is 11.8 Å². The highest BCUT2D eigenvalue weighted by Crippen LogP contribution is 2.37. The van der Waals surface area contributed by atoms with Crippen molar-refractivity contribution in [2.45, 2.75) is 49.4 Å². The van der Waals surface area contributed by atoms with Gasteiger partial charge in [0.2, 0.25) is 0 Å². The van der Waals surface area contributed by atoms with Crippen molar-refractivity contribution in [1.82, 2.24) is 5.32 Å². The molecule has 0 saturated heterocycles. The van der Waals surface area contributed by atoms with Crippen molar-refractivity contribution in [3.63, 3.8) is 0 Å². The summed E-state index contributed by atoms with van der Waals surface area (Å²) in [6.45, 7) is 0.760. The monoisotopic (exact) mass is 255 g/mol. The fraction of sp³-hybridized carbons (Fsp3) is 1.00. The van der Waals surface area contributed by atoms with Crippen LogP contribution in [-0.4, -0.2) is 30.3 Å². The molecule has 0 aromatic carbocycles. The summed E-state index contributed by atoms with van der Waals surface area (Å²) in [5.74, 6) is 0. The van der Waals surface area contributed by atoms with Gasteiger partial charge in [-0.2, -0.15) is 24.9 Å². The number of hydrogen-bond acceptors (Lipinski definition) is 2. The Bertz CT molecular complexity index is 200. The molecule has 1 aliphatic carbocycles. The Balaban J connectivity index is 2.23. The van der Waals surface area contributed by atoms with Crippen LogP contribution in [0.1, 0.15) is 38.5 Å². The number of rotatable bonds is 5. The molecule has 0 unspecified atom stereocenters. The molecule has 0 radical (unpaired) electrons. The summed E-state index contributed by atoms with van der Waals surface area (Å²) in [6, 6.07) is 0. The van der Waals surface area contributed by atoms with E-state index in [1.54, 1.807) is 0 Å². The predicted octanol–water partition coefficient (Wildman–Crippen LogP) is 3.59. The molecular formula is C11H20F3NS. The number of nitrogens with one attached hydrogen (secondary N) is 1. The third-order valence-corrected chi connectivity index (χ3v) is 4.65. The Kier molecular flexibility index (Phi) is 5.44. The first kappa shape index (κ1) is 14.2. The van der Waals surface area contributed by atoms with Crippen molar-refractivity contribution in [3.05, 3.63) is 0 Å². The molecule has 0 aliphatic heterocycles. The molecule has 1 rings (SSSR count). The minimum Gasteiger partial charge on any atom is -0.315 e. The van der Waals surface area contributed by atoms with Crippen molar-refractivity contribution in [2.75, 3.05) is 19.3 Å². The van der Waals surface area contributed by atoms with Gasteiger partial charge >= 0.3 is 6.18 Å². The molecule has 0 aromatic rings. The third kappa shape index (κ3) is 4.95. The Morgan fingerprint density at radius 1 is 1.19 bits per heavy atom. The maximum absolute atomic E-state index is 12.0. The van der Waals surface area contributed by atoms with Crippen molar-refractivity contribution in [2.24, 2.45) is 0 Å². The van der Waals surface area contributed by atoms with Gasteiger partial charge in [-0.25, -0.2) is 0 Å². The summed E-state index contributed by atoms with van der Waals surface area (Å²) in [5.41, 5.74) is 0.